The molecule has 1 heterocycles. The highest BCUT2D eigenvalue weighted by Gasteiger charge is 2.18. The summed E-state index contributed by atoms with van der Waals surface area (Å²) in [6, 6.07) is 23.1. The van der Waals surface area contributed by atoms with E-state index in [9.17, 15) is 9.59 Å². The molecule has 1 aromatic heterocycles. The number of hydrogen-bond acceptors (Lipinski definition) is 4. The van der Waals surface area contributed by atoms with Gasteiger partial charge in [0.15, 0.2) is 11.6 Å². The highest BCUT2D eigenvalue weighted by molar-refractivity contribution is 6.40. The Morgan fingerprint density at radius 1 is 0.774 bits per heavy atom. The number of hydrogen-bond donors (Lipinski definition) is 2. The smallest absolute Gasteiger partial charge is 0.327 e. The number of anilines is 1. The van der Waals surface area contributed by atoms with Gasteiger partial charge in [0.05, 0.1) is 15.6 Å². The molecule has 0 unspecified atom stereocenters. The first-order chi connectivity index (χ1) is 15.0. The molecule has 0 aliphatic heterocycles. The van der Waals surface area contributed by atoms with E-state index in [2.05, 4.69) is 15.8 Å². The third kappa shape index (κ3) is 4.77. The first-order valence-electron chi connectivity index (χ1n) is 9.20. The number of aromatic nitrogens is 1. The van der Waals surface area contributed by atoms with E-state index >= 15 is 0 Å². The maximum absolute atomic E-state index is 12.3. The maximum Gasteiger partial charge on any atom is 0.327 e. The molecule has 0 spiro atoms. The first-order valence-corrected chi connectivity index (χ1v) is 9.96. The third-order valence-electron chi connectivity index (χ3n) is 4.45. The molecule has 3 amide bonds. The molecule has 31 heavy (non-hydrogen) atoms. The average Bonchev–Trinajstić information content (AvgIpc) is 3.22. The van der Waals surface area contributed by atoms with Crippen molar-refractivity contribution in [2.75, 3.05) is 5.32 Å². The standard InChI is InChI=1S/C23H15Cl2N3O3/c24-17-7-4-8-18(25)21(17)22(29)27-23(30)26-20-13-19(31-28-20)16-11-9-15(10-12-16)14-5-2-1-3-6-14/h1-13H,(H2,26,27,28,29,30). The van der Waals surface area contributed by atoms with Gasteiger partial charge in [-0.1, -0.05) is 89.0 Å². The van der Waals surface area contributed by atoms with E-state index in [1.165, 1.54) is 12.1 Å². The molecular weight excluding hydrogens is 437 g/mol. The normalized spacial score (nSPS) is 10.5. The predicted molar refractivity (Wildman–Crippen MR) is 120 cm³/mol. The minimum atomic E-state index is -0.791. The largest absolute Gasteiger partial charge is 0.354 e. The van der Waals surface area contributed by atoms with Crippen LogP contribution in [0.1, 0.15) is 10.4 Å². The van der Waals surface area contributed by atoms with Crippen LogP contribution in [0.4, 0.5) is 10.6 Å². The molecule has 0 fully saturated rings. The molecule has 8 heteroatoms. The number of benzene rings is 3. The van der Waals surface area contributed by atoms with Gasteiger partial charge in [-0.15, -0.1) is 0 Å². The Kier molecular flexibility index (Phi) is 6.02. The lowest BCUT2D eigenvalue weighted by atomic mass is 10.0. The van der Waals surface area contributed by atoms with Gasteiger partial charge in [0.1, 0.15) is 0 Å². The minimum Gasteiger partial charge on any atom is -0.354 e. The van der Waals surface area contributed by atoms with Crippen molar-refractivity contribution in [3.63, 3.8) is 0 Å². The van der Waals surface area contributed by atoms with Crippen LogP contribution in [-0.2, 0) is 0 Å². The predicted octanol–water partition coefficient (Wildman–Crippen LogP) is 6.28. The molecule has 4 aromatic rings. The second-order valence-corrected chi connectivity index (χ2v) is 7.34. The van der Waals surface area contributed by atoms with Crippen molar-refractivity contribution in [3.05, 3.63) is 94.5 Å². The Morgan fingerprint density at radius 3 is 2.06 bits per heavy atom. The molecule has 6 nitrogen and oxygen atoms in total. The number of nitrogens with one attached hydrogen (secondary N) is 2. The van der Waals surface area contributed by atoms with Crippen molar-refractivity contribution < 1.29 is 14.1 Å². The van der Waals surface area contributed by atoms with Crippen LogP contribution >= 0.6 is 23.2 Å². The van der Waals surface area contributed by atoms with Crippen molar-refractivity contribution >= 4 is 41.0 Å². The number of halogens is 2. The minimum absolute atomic E-state index is 0.0142. The summed E-state index contributed by atoms with van der Waals surface area (Å²) in [5, 5.41) is 8.71. The number of amides is 3. The number of rotatable bonds is 4. The zero-order chi connectivity index (χ0) is 21.8. The lowest BCUT2D eigenvalue weighted by Gasteiger charge is -2.07. The van der Waals surface area contributed by atoms with Crippen molar-refractivity contribution in [2.24, 2.45) is 0 Å². The summed E-state index contributed by atoms with van der Waals surface area (Å²) >= 11 is 12.0. The van der Waals surface area contributed by atoms with Gasteiger partial charge in [-0.25, -0.2) is 4.79 Å². The van der Waals surface area contributed by atoms with E-state index in [0.29, 0.717) is 5.76 Å². The van der Waals surface area contributed by atoms with Crippen LogP contribution in [-0.4, -0.2) is 17.1 Å². The zero-order valence-corrected chi connectivity index (χ0v) is 17.4. The van der Waals surface area contributed by atoms with Crippen LogP contribution in [0.15, 0.2) is 83.4 Å². The molecule has 2 N–H and O–H groups in total. The fourth-order valence-electron chi connectivity index (χ4n) is 2.96. The number of imide groups is 1. The van der Waals surface area contributed by atoms with Gasteiger partial charge in [-0.3, -0.25) is 15.4 Å². The summed E-state index contributed by atoms with van der Waals surface area (Å²) in [5.74, 6) is -0.110. The molecule has 0 radical (unpaired) electrons. The SMILES string of the molecule is O=C(NC(=O)c1c(Cl)cccc1Cl)Nc1cc(-c2ccc(-c3ccccc3)cc2)on1. The van der Waals surface area contributed by atoms with Crippen LogP contribution in [0.2, 0.25) is 10.0 Å². The zero-order valence-electron chi connectivity index (χ0n) is 15.9. The Labute approximate surface area is 187 Å². The second kappa shape index (κ2) is 9.04. The average molecular weight is 452 g/mol. The molecule has 4 rings (SSSR count). The van der Waals surface area contributed by atoms with E-state index in [1.807, 2.05) is 54.6 Å². The first kappa shape index (κ1) is 20.7. The summed E-state index contributed by atoms with van der Waals surface area (Å²) in [4.78, 5) is 24.4. The van der Waals surface area contributed by atoms with Crippen LogP contribution in [0.25, 0.3) is 22.5 Å². The van der Waals surface area contributed by atoms with E-state index in [0.717, 1.165) is 16.7 Å². The number of carbonyl (C=O) groups excluding carboxylic acids is 2. The monoisotopic (exact) mass is 451 g/mol. The molecular formula is C23H15Cl2N3O3. The Balaban J connectivity index is 1.42. The third-order valence-corrected chi connectivity index (χ3v) is 5.08. The van der Waals surface area contributed by atoms with E-state index in [-0.39, 0.29) is 21.4 Å². The lowest BCUT2D eigenvalue weighted by Crippen LogP contribution is -2.34. The van der Waals surface area contributed by atoms with Crippen molar-refractivity contribution in [1.29, 1.82) is 0 Å². The molecule has 0 bridgehead atoms. The Morgan fingerprint density at radius 2 is 1.39 bits per heavy atom. The van der Waals surface area contributed by atoms with Crippen LogP contribution in [0.5, 0.6) is 0 Å². The fraction of sp³-hybridized carbons (Fsp3) is 0. The van der Waals surface area contributed by atoms with Gasteiger partial charge < -0.3 is 4.52 Å². The van der Waals surface area contributed by atoms with Gasteiger partial charge in [0.25, 0.3) is 5.91 Å². The highest BCUT2D eigenvalue weighted by atomic mass is 35.5. The van der Waals surface area contributed by atoms with Gasteiger partial charge in [0.2, 0.25) is 0 Å². The molecule has 3 aromatic carbocycles. The van der Waals surface area contributed by atoms with E-state index < -0.39 is 11.9 Å². The van der Waals surface area contributed by atoms with Crippen molar-refractivity contribution in [2.45, 2.75) is 0 Å². The topological polar surface area (TPSA) is 84.2 Å². The molecule has 0 aliphatic carbocycles. The fourth-order valence-corrected chi connectivity index (χ4v) is 3.52. The number of carbonyl (C=O) groups is 2. The van der Waals surface area contributed by atoms with Crippen LogP contribution in [0, 0.1) is 0 Å². The molecule has 0 saturated heterocycles. The number of urea groups is 1. The summed E-state index contributed by atoms with van der Waals surface area (Å²) in [6.45, 7) is 0. The van der Waals surface area contributed by atoms with E-state index in [4.69, 9.17) is 27.7 Å². The summed E-state index contributed by atoms with van der Waals surface area (Å²) in [5.41, 5.74) is 2.98. The Bertz CT molecular complexity index is 1220. The molecule has 0 saturated carbocycles. The van der Waals surface area contributed by atoms with Crippen LogP contribution in [0.3, 0.4) is 0 Å². The summed E-state index contributed by atoms with van der Waals surface area (Å²) in [6.07, 6.45) is 0. The van der Waals surface area contributed by atoms with Gasteiger partial charge in [-0.2, -0.15) is 0 Å². The molecule has 154 valence electrons. The van der Waals surface area contributed by atoms with Crippen LogP contribution < -0.4 is 10.6 Å². The van der Waals surface area contributed by atoms with Gasteiger partial charge >= 0.3 is 6.03 Å². The summed E-state index contributed by atoms with van der Waals surface area (Å²) < 4.78 is 5.31. The van der Waals surface area contributed by atoms with Crippen molar-refractivity contribution in [1.82, 2.24) is 10.5 Å². The molecule has 0 aliphatic rings. The number of nitrogens with zero attached hydrogens (tertiary/aromatic N) is 1. The van der Waals surface area contributed by atoms with Gasteiger partial charge in [-0.05, 0) is 23.3 Å². The molecule has 0 atom stereocenters. The summed E-state index contributed by atoms with van der Waals surface area (Å²) in [7, 11) is 0. The Hall–Kier alpha value is -3.61. The van der Waals surface area contributed by atoms with Gasteiger partial charge in [0, 0.05) is 11.6 Å². The quantitative estimate of drug-likeness (QED) is 0.382. The highest BCUT2D eigenvalue weighted by Crippen LogP contribution is 2.27. The maximum atomic E-state index is 12.3. The van der Waals surface area contributed by atoms with E-state index in [1.54, 1.807) is 12.1 Å². The lowest BCUT2D eigenvalue weighted by molar-refractivity contribution is 0.0967. The van der Waals surface area contributed by atoms with Crippen molar-refractivity contribution in [3.8, 4) is 22.5 Å². The second-order valence-electron chi connectivity index (χ2n) is 6.52.